The molecule has 0 saturated heterocycles. The Hall–Kier alpha value is -2.96. The summed E-state index contributed by atoms with van der Waals surface area (Å²) in [6, 6.07) is 12.3. The van der Waals surface area contributed by atoms with Crippen LogP contribution in [0.15, 0.2) is 48.5 Å². The van der Waals surface area contributed by atoms with Crippen molar-refractivity contribution in [3.8, 4) is 11.3 Å². The first-order chi connectivity index (χ1) is 11.0. The van der Waals surface area contributed by atoms with Gasteiger partial charge in [0.2, 0.25) is 0 Å². The highest BCUT2D eigenvalue weighted by molar-refractivity contribution is 6.06. The zero-order valence-electron chi connectivity index (χ0n) is 11.6. The molecule has 2 heterocycles. The minimum absolute atomic E-state index is 0.501. The van der Waals surface area contributed by atoms with Gasteiger partial charge in [-0.15, -0.1) is 5.10 Å². The smallest absolute Gasteiger partial charge is 0.257 e. The third-order valence-electron chi connectivity index (χ3n) is 3.66. The van der Waals surface area contributed by atoms with Crippen LogP contribution < -0.4 is 0 Å². The lowest BCUT2D eigenvalue weighted by Crippen LogP contribution is -2.04. The molecule has 0 aliphatic carbocycles. The van der Waals surface area contributed by atoms with Crippen molar-refractivity contribution >= 4 is 21.9 Å². The van der Waals surface area contributed by atoms with Crippen LogP contribution in [-0.2, 0) is 6.18 Å². The second kappa shape index (κ2) is 4.77. The summed E-state index contributed by atoms with van der Waals surface area (Å²) < 4.78 is 38.1. The number of pyridine rings is 1. The molecule has 4 nitrogen and oxygen atoms in total. The van der Waals surface area contributed by atoms with Crippen LogP contribution in [0, 0.1) is 0 Å². The summed E-state index contributed by atoms with van der Waals surface area (Å²) in [5.74, 6) is 0. The Kier molecular flexibility index (Phi) is 2.84. The van der Waals surface area contributed by atoms with Gasteiger partial charge < -0.3 is 0 Å². The van der Waals surface area contributed by atoms with Gasteiger partial charge in [-0.1, -0.05) is 35.5 Å². The summed E-state index contributed by atoms with van der Waals surface area (Å²) >= 11 is 0. The fourth-order valence-electron chi connectivity index (χ4n) is 2.56. The van der Waals surface area contributed by atoms with E-state index in [0.29, 0.717) is 22.3 Å². The van der Waals surface area contributed by atoms with Crippen LogP contribution >= 0.6 is 0 Å². The zero-order chi connectivity index (χ0) is 16.0. The summed E-state index contributed by atoms with van der Waals surface area (Å²) in [6.07, 6.45) is -4.36. The molecule has 4 rings (SSSR count). The topological polar surface area (TPSA) is 54.5 Å². The molecule has 0 saturated carbocycles. The number of aromatic nitrogens is 4. The quantitative estimate of drug-likeness (QED) is 0.573. The molecule has 0 amide bonds. The molecule has 114 valence electrons. The van der Waals surface area contributed by atoms with Crippen molar-refractivity contribution in [2.24, 2.45) is 0 Å². The minimum atomic E-state index is -4.36. The van der Waals surface area contributed by atoms with E-state index in [-0.39, 0.29) is 0 Å². The van der Waals surface area contributed by atoms with Gasteiger partial charge in [0.1, 0.15) is 11.2 Å². The number of halogens is 3. The second-order valence-electron chi connectivity index (χ2n) is 5.09. The number of fused-ring (bicyclic) bond motifs is 3. The highest BCUT2D eigenvalue weighted by Crippen LogP contribution is 2.33. The standard InChI is InChI=1S/C16H9F3N4/c17-16(18,19)10-7-5-9(6-8-10)13-15-14(21-23-22-15)11-3-1-2-4-12(11)20-13/h1-8H,(H,21,22,23). The molecule has 0 bridgehead atoms. The SMILES string of the molecule is FC(F)(F)c1ccc(-c2nc3ccccc3c3[nH]nnc23)cc1. The zero-order valence-corrected chi connectivity index (χ0v) is 11.6. The number of nitrogens with one attached hydrogen (secondary N) is 1. The third kappa shape index (κ3) is 2.21. The summed E-state index contributed by atoms with van der Waals surface area (Å²) in [5, 5.41) is 11.5. The van der Waals surface area contributed by atoms with Crippen molar-refractivity contribution in [3.63, 3.8) is 0 Å². The molecule has 0 atom stereocenters. The maximum absolute atomic E-state index is 12.7. The van der Waals surface area contributed by atoms with Gasteiger partial charge >= 0.3 is 6.18 Å². The van der Waals surface area contributed by atoms with Gasteiger partial charge in [0.05, 0.1) is 16.6 Å². The van der Waals surface area contributed by atoms with E-state index in [4.69, 9.17) is 0 Å². The molecule has 0 spiro atoms. The lowest BCUT2D eigenvalue weighted by Gasteiger charge is -2.08. The predicted octanol–water partition coefficient (Wildman–Crippen LogP) is 4.19. The van der Waals surface area contributed by atoms with Crippen molar-refractivity contribution in [2.45, 2.75) is 6.18 Å². The van der Waals surface area contributed by atoms with Crippen LogP contribution in [0.5, 0.6) is 0 Å². The Bertz CT molecular complexity index is 1000. The first-order valence-corrected chi connectivity index (χ1v) is 6.81. The largest absolute Gasteiger partial charge is 0.416 e. The van der Waals surface area contributed by atoms with Crippen molar-refractivity contribution in [1.82, 2.24) is 20.4 Å². The summed E-state index contributed by atoms with van der Waals surface area (Å²) in [5.41, 5.74) is 2.33. The molecule has 4 aromatic rings. The fourth-order valence-corrected chi connectivity index (χ4v) is 2.56. The highest BCUT2D eigenvalue weighted by atomic mass is 19.4. The van der Waals surface area contributed by atoms with E-state index in [2.05, 4.69) is 20.4 Å². The predicted molar refractivity (Wildman–Crippen MR) is 79.6 cm³/mol. The molecular weight excluding hydrogens is 305 g/mol. The van der Waals surface area contributed by atoms with Gasteiger partial charge in [-0.25, -0.2) is 4.98 Å². The van der Waals surface area contributed by atoms with E-state index in [1.54, 1.807) is 0 Å². The van der Waals surface area contributed by atoms with Crippen molar-refractivity contribution in [3.05, 3.63) is 54.1 Å². The van der Waals surface area contributed by atoms with E-state index in [1.165, 1.54) is 12.1 Å². The van der Waals surface area contributed by atoms with Crippen molar-refractivity contribution in [1.29, 1.82) is 0 Å². The maximum atomic E-state index is 12.7. The Morgan fingerprint density at radius 1 is 0.913 bits per heavy atom. The van der Waals surface area contributed by atoms with Gasteiger partial charge in [0.15, 0.2) is 0 Å². The molecule has 0 fully saturated rings. The number of rotatable bonds is 1. The molecule has 0 unspecified atom stereocenters. The average molecular weight is 314 g/mol. The number of H-pyrrole nitrogens is 1. The van der Waals surface area contributed by atoms with Gasteiger partial charge in [-0.05, 0) is 18.2 Å². The maximum Gasteiger partial charge on any atom is 0.416 e. The van der Waals surface area contributed by atoms with Crippen LogP contribution in [0.2, 0.25) is 0 Å². The first kappa shape index (κ1) is 13.7. The third-order valence-corrected chi connectivity index (χ3v) is 3.66. The fraction of sp³-hybridized carbons (Fsp3) is 0.0625. The van der Waals surface area contributed by atoms with E-state index >= 15 is 0 Å². The molecule has 0 aliphatic heterocycles. The highest BCUT2D eigenvalue weighted by Gasteiger charge is 2.30. The number of aromatic amines is 1. The van der Waals surface area contributed by atoms with Crippen LogP contribution in [0.25, 0.3) is 33.2 Å². The molecular formula is C16H9F3N4. The normalized spacial score (nSPS) is 12.1. The van der Waals surface area contributed by atoms with Crippen LogP contribution in [0.3, 0.4) is 0 Å². The van der Waals surface area contributed by atoms with E-state index in [0.717, 1.165) is 23.0 Å². The van der Waals surface area contributed by atoms with E-state index in [1.807, 2.05) is 24.3 Å². The summed E-state index contributed by atoms with van der Waals surface area (Å²) in [6.45, 7) is 0. The van der Waals surface area contributed by atoms with Crippen LogP contribution in [0.4, 0.5) is 13.2 Å². The lowest BCUT2D eigenvalue weighted by atomic mass is 10.1. The van der Waals surface area contributed by atoms with E-state index in [9.17, 15) is 13.2 Å². The Morgan fingerprint density at radius 2 is 1.65 bits per heavy atom. The minimum Gasteiger partial charge on any atom is -0.257 e. The van der Waals surface area contributed by atoms with Gasteiger partial charge in [0.25, 0.3) is 0 Å². The van der Waals surface area contributed by atoms with Gasteiger partial charge in [0, 0.05) is 10.9 Å². The first-order valence-electron chi connectivity index (χ1n) is 6.81. The number of benzene rings is 2. The van der Waals surface area contributed by atoms with Crippen molar-refractivity contribution < 1.29 is 13.2 Å². The van der Waals surface area contributed by atoms with Crippen LogP contribution in [0.1, 0.15) is 5.56 Å². The van der Waals surface area contributed by atoms with Crippen molar-refractivity contribution in [2.75, 3.05) is 0 Å². The summed E-state index contributed by atoms with van der Waals surface area (Å²) in [4.78, 5) is 4.53. The second-order valence-corrected chi connectivity index (χ2v) is 5.09. The molecule has 0 aliphatic rings. The monoisotopic (exact) mass is 314 g/mol. The number of hydrogen-bond acceptors (Lipinski definition) is 3. The number of hydrogen-bond donors (Lipinski definition) is 1. The Balaban J connectivity index is 1.95. The van der Waals surface area contributed by atoms with Crippen LogP contribution in [-0.4, -0.2) is 20.4 Å². The number of nitrogens with zero attached hydrogens (tertiary/aromatic N) is 3. The number of alkyl halides is 3. The van der Waals surface area contributed by atoms with Gasteiger partial charge in [-0.3, -0.25) is 5.10 Å². The molecule has 7 heteroatoms. The molecule has 2 aromatic heterocycles. The Labute approximate surface area is 128 Å². The summed E-state index contributed by atoms with van der Waals surface area (Å²) in [7, 11) is 0. The van der Waals surface area contributed by atoms with Gasteiger partial charge in [-0.2, -0.15) is 13.2 Å². The molecule has 0 radical (unpaired) electrons. The average Bonchev–Trinajstić information content (AvgIpc) is 3.03. The molecule has 1 N–H and O–H groups in total. The molecule has 2 aromatic carbocycles. The number of para-hydroxylation sites is 1. The lowest BCUT2D eigenvalue weighted by molar-refractivity contribution is -0.137. The Morgan fingerprint density at radius 3 is 2.39 bits per heavy atom. The van der Waals surface area contributed by atoms with E-state index < -0.39 is 11.7 Å². The molecule has 23 heavy (non-hydrogen) atoms.